The molecule has 0 spiro atoms. The van der Waals surface area contributed by atoms with E-state index in [1.165, 1.54) is 42.1 Å². The van der Waals surface area contributed by atoms with Gasteiger partial charge in [-0.15, -0.1) is 11.3 Å². The van der Waals surface area contributed by atoms with Crippen LogP contribution in [0, 0.1) is 0 Å². The van der Waals surface area contributed by atoms with Gasteiger partial charge in [0.2, 0.25) is 0 Å². The summed E-state index contributed by atoms with van der Waals surface area (Å²) >= 11 is 1.88. The Morgan fingerprint density at radius 2 is 1.67 bits per heavy atom. The van der Waals surface area contributed by atoms with Gasteiger partial charge in [0.25, 0.3) is 0 Å². The Labute approximate surface area is 148 Å². The van der Waals surface area contributed by atoms with Crippen LogP contribution in [0.3, 0.4) is 0 Å². The summed E-state index contributed by atoms with van der Waals surface area (Å²) in [6, 6.07) is 6.17. The van der Waals surface area contributed by atoms with Crippen LogP contribution in [0.2, 0.25) is 0 Å². The van der Waals surface area contributed by atoms with Gasteiger partial charge in [0.1, 0.15) is 0 Å². The van der Waals surface area contributed by atoms with E-state index in [0.29, 0.717) is 0 Å². The fraction of sp³-hybridized carbons (Fsp3) is 0.579. The second kappa shape index (κ2) is 7.72. The zero-order valence-corrected chi connectivity index (χ0v) is 15.0. The molecule has 1 aliphatic carbocycles. The number of hydrogen-bond acceptors (Lipinski definition) is 5. The van der Waals surface area contributed by atoms with E-state index in [4.69, 9.17) is 4.98 Å². The number of hydrogen-bond donors (Lipinski definition) is 0. The molecule has 128 valence electrons. The Hall–Kier alpha value is -1.30. The molecule has 0 unspecified atom stereocenters. The maximum absolute atomic E-state index is 4.93. The Bertz CT molecular complexity index is 628. The second-order valence-electron chi connectivity index (χ2n) is 7.03. The number of thiazole rings is 1. The van der Waals surface area contributed by atoms with Gasteiger partial charge < -0.3 is 0 Å². The molecule has 1 saturated heterocycles. The van der Waals surface area contributed by atoms with Gasteiger partial charge in [-0.1, -0.05) is 18.9 Å². The molecule has 1 saturated carbocycles. The van der Waals surface area contributed by atoms with Crippen LogP contribution >= 0.6 is 11.3 Å². The van der Waals surface area contributed by atoms with Gasteiger partial charge in [0, 0.05) is 56.8 Å². The average molecular weight is 343 g/mol. The molecule has 4 rings (SSSR count). The lowest BCUT2D eigenvalue weighted by molar-refractivity contribution is 0.120. The molecule has 0 bridgehead atoms. The third kappa shape index (κ3) is 4.02. The first kappa shape index (κ1) is 16.2. The lowest BCUT2D eigenvalue weighted by atomic mass is 10.1. The van der Waals surface area contributed by atoms with Crippen molar-refractivity contribution >= 4 is 11.3 Å². The highest BCUT2D eigenvalue weighted by atomic mass is 32.1. The van der Waals surface area contributed by atoms with Gasteiger partial charge in [-0.05, 0) is 25.0 Å². The van der Waals surface area contributed by atoms with Gasteiger partial charge in [0.15, 0.2) is 0 Å². The number of nitrogens with zero attached hydrogens (tertiary/aromatic N) is 4. The molecule has 2 aromatic heterocycles. The van der Waals surface area contributed by atoms with Crippen molar-refractivity contribution in [1.29, 1.82) is 0 Å². The molecule has 3 heterocycles. The van der Waals surface area contributed by atoms with Crippen molar-refractivity contribution in [2.45, 2.75) is 44.7 Å². The van der Waals surface area contributed by atoms with Crippen molar-refractivity contribution < 1.29 is 0 Å². The summed E-state index contributed by atoms with van der Waals surface area (Å²) in [5.41, 5.74) is 2.45. The zero-order chi connectivity index (χ0) is 16.2. The largest absolute Gasteiger partial charge is 0.295 e. The monoisotopic (exact) mass is 342 g/mol. The normalized spacial score (nSPS) is 20.7. The van der Waals surface area contributed by atoms with Gasteiger partial charge >= 0.3 is 0 Å². The van der Waals surface area contributed by atoms with Crippen molar-refractivity contribution in [1.82, 2.24) is 19.8 Å². The first-order valence-corrected chi connectivity index (χ1v) is 10.0. The standard InChI is InChI=1S/C19H26N4S/c1-2-6-16(5-1)19-21-18(15-24-19)14-23-11-9-22(10-12-23)13-17-7-3-4-8-20-17/h3-4,7-8,15-16H,1-2,5-6,9-14H2. The van der Waals surface area contributed by atoms with Crippen LogP contribution in [-0.4, -0.2) is 45.9 Å². The summed E-state index contributed by atoms with van der Waals surface area (Å²) in [5.74, 6) is 0.749. The molecular weight excluding hydrogens is 316 g/mol. The van der Waals surface area contributed by atoms with Gasteiger partial charge in [-0.3, -0.25) is 14.8 Å². The van der Waals surface area contributed by atoms with Crippen LogP contribution in [0.1, 0.15) is 48.0 Å². The Morgan fingerprint density at radius 3 is 2.33 bits per heavy atom. The average Bonchev–Trinajstić information content (AvgIpc) is 3.29. The van der Waals surface area contributed by atoms with Crippen molar-refractivity contribution in [3.8, 4) is 0 Å². The molecular formula is C19H26N4S. The SMILES string of the molecule is c1ccc(CN2CCN(Cc3csc(C4CCCC4)n3)CC2)nc1. The molecule has 5 heteroatoms. The summed E-state index contributed by atoms with van der Waals surface area (Å²) in [7, 11) is 0. The predicted octanol–water partition coefficient (Wildman–Crippen LogP) is 3.51. The third-order valence-electron chi connectivity index (χ3n) is 5.24. The molecule has 2 aromatic rings. The number of piperazine rings is 1. The fourth-order valence-corrected chi connectivity index (χ4v) is 4.79. The zero-order valence-electron chi connectivity index (χ0n) is 14.2. The van der Waals surface area contributed by atoms with Crippen molar-refractivity contribution in [2.24, 2.45) is 0 Å². The van der Waals surface area contributed by atoms with Crippen LogP contribution in [0.15, 0.2) is 29.8 Å². The van der Waals surface area contributed by atoms with E-state index in [0.717, 1.165) is 45.2 Å². The van der Waals surface area contributed by atoms with E-state index in [9.17, 15) is 0 Å². The van der Waals surface area contributed by atoms with E-state index in [2.05, 4.69) is 32.3 Å². The number of pyridine rings is 1. The summed E-state index contributed by atoms with van der Waals surface area (Å²) in [6.07, 6.45) is 7.35. The fourth-order valence-electron chi connectivity index (χ4n) is 3.81. The minimum atomic E-state index is 0.749. The lowest BCUT2D eigenvalue weighted by Gasteiger charge is -2.34. The number of aromatic nitrogens is 2. The summed E-state index contributed by atoms with van der Waals surface area (Å²) in [4.78, 5) is 14.4. The van der Waals surface area contributed by atoms with E-state index < -0.39 is 0 Å². The van der Waals surface area contributed by atoms with Crippen molar-refractivity contribution in [3.05, 3.63) is 46.2 Å². The first-order chi connectivity index (χ1) is 11.9. The molecule has 0 atom stereocenters. The number of rotatable bonds is 5. The second-order valence-corrected chi connectivity index (χ2v) is 7.92. The van der Waals surface area contributed by atoms with Crippen LogP contribution in [0.25, 0.3) is 0 Å². The van der Waals surface area contributed by atoms with Crippen LogP contribution in [-0.2, 0) is 13.1 Å². The topological polar surface area (TPSA) is 32.3 Å². The van der Waals surface area contributed by atoms with E-state index in [1.807, 2.05) is 23.6 Å². The van der Waals surface area contributed by atoms with Gasteiger partial charge in [0.05, 0.1) is 16.4 Å². The quantitative estimate of drug-likeness (QED) is 0.832. The first-order valence-electron chi connectivity index (χ1n) is 9.16. The Balaban J connectivity index is 1.26. The van der Waals surface area contributed by atoms with Crippen molar-refractivity contribution in [2.75, 3.05) is 26.2 Å². The third-order valence-corrected chi connectivity index (χ3v) is 6.29. The minimum absolute atomic E-state index is 0.749. The highest BCUT2D eigenvalue weighted by molar-refractivity contribution is 7.09. The summed E-state index contributed by atoms with van der Waals surface area (Å²) in [6.45, 7) is 6.48. The predicted molar refractivity (Wildman–Crippen MR) is 98.1 cm³/mol. The smallest absolute Gasteiger partial charge is 0.0959 e. The molecule has 0 N–H and O–H groups in total. The molecule has 2 fully saturated rings. The van der Waals surface area contributed by atoms with Crippen LogP contribution in [0.4, 0.5) is 0 Å². The molecule has 2 aliphatic rings. The maximum atomic E-state index is 4.93. The Kier molecular flexibility index (Phi) is 5.21. The molecule has 0 aromatic carbocycles. The van der Waals surface area contributed by atoms with E-state index >= 15 is 0 Å². The lowest BCUT2D eigenvalue weighted by Crippen LogP contribution is -2.45. The molecule has 0 radical (unpaired) electrons. The van der Waals surface area contributed by atoms with E-state index in [1.54, 1.807) is 0 Å². The molecule has 4 nitrogen and oxygen atoms in total. The molecule has 0 amide bonds. The summed E-state index contributed by atoms with van der Waals surface area (Å²) in [5, 5.41) is 3.67. The summed E-state index contributed by atoms with van der Waals surface area (Å²) < 4.78 is 0. The minimum Gasteiger partial charge on any atom is -0.295 e. The highest BCUT2D eigenvalue weighted by Gasteiger charge is 2.22. The Morgan fingerprint density at radius 1 is 0.958 bits per heavy atom. The van der Waals surface area contributed by atoms with Crippen LogP contribution in [0.5, 0.6) is 0 Å². The van der Waals surface area contributed by atoms with Crippen LogP contribution < -0.4 is 0 Å². The van der Waals surface area contributed by atoms with E-state index in [-0.39, 0.29) is 0 Å². The van der Waals surface area contributed by atoms with Gasteiger partial charge in [-0.2, -0.15) is 0 Å². The molecule has 24 heavy (non-hydrogen) atoms. The molecule has 1 aliphatic heterocycles. The van der Waals surface area contributed by atoms with Gasteiger partial charge in [-0.25, -0.2) is 4.98 Å². The maximum Gasteiger partial charge on any atom is 0.0959 e. The van der Waals surface area contributed by atoms with Crippen molar-refractivity contribution in [3.63, 3.8) is 0 Å². The highest BCUT2D eigenvalue weighted by Crippen LogP contribution is 2.35.